The molecule has 0 bridgehead atoms. The van der Waals surface area contributed by atoms with Crippen LogP contribution in [0.15, 0.2) is 48.7 Å². The first-order valence-electron chi connectivity index (χ1n) is 11.2. The molecule has 0 radical (unpaired) electrons. The average Bonchev–Trinajstić information content (AvgIpc) is 2.85. The van der Waals surface area contributed by atoms with E-state index in [2.05, 4.69) is 20.5 Å². The Labute approximate surface area is 209 Å². The zero-order valence-corrected chi connectivity index (χ0v) is 20.4. The van der Waals surface area contributed by atoms with Crippen LogP contribution in [0.4, 0.5) is 5.69 Å². The summed E-state index contributed by atoms with van der Waals surface area (Å²) >= 11 is 11.9. The van der Waals surface area contributed by atoms with Crippen molar-refractivity contribution in [2.75, 3.05) is 38.6 Å². The molecule has 34 heavy (non-hydrogen) atoms. The van der Waals surface area contributed by atoms with E-state index in [4.69, 9.17) is 27.9 Å². The third-order valence-electron chi connectivity index (χ3n) is 6.11. The van der Waals surface area contributed by atoms with Gasteiger partial charge in [0.05, 0.1) is 35.3 Å². The molecule has 0 saturated carbocycles. The van der Waals surface area contributed by atoms with Gasteiger partial charge in [-0.15, -0.1) is 0 Å². The number of benzene rings is 2. The summed E-state index contributed by atoms with van der Waals surface area (Å²) in [5.74, 6) is 0.611. The summed E-state index contributed by atoms with van der Waals surface area (Å²) in [5, 5.41) is 18.9. The number of halogens is 2. The fourth-order valence-corrected chi connectivity index (χ4v) is 4.54. The maximum Gasteiger partial charge on any atom is 0.238 e. The quantitative estimate of drug-likeness (QED) is 0.426. The highest BCUT2D eigenvalue weighted by Gasteiger charge is 2.23. The first kappa shape index (κ1) is 24.7. The first-order chi connectivity index (χ1) is 16.4. The molecule has 1 fully saturated rings. The first-order valence-corrected chi connectivity index (χ1v) is 12.0. The van der Waals surface area contributed by atoms with E-state index < -0.39 is 6.10 Å². The SMILES string of the molecule is COc1ccc2nccc(C(O)CN3CCC(NCC(=O)Nc4ccc(Cl)c(Cl)c4)CC3)c2c1. The monoisotopic (exact) mass is 502 g/mol. The minimum atomic E-state index is -0.626. The minimum absolute atomic E-state index is 0.128. The van der Waals surface area contributed by atoms with E-state index in [1.165, 1.54) is 0 Å². The summed E-state index contributed by atoms with van der Waals surface area (Å²) in [6, 6.07) is 12.8. The molecule has 1 amide bonds. The number of carbonyl (C=O) groups is 1. The number of hydrogen-bond donors (Lipinski definition) is 3. The second-order valence-electron chi connectivity index (χ2n) is 8.43. The largest absolute Gasteiger partial charge is 0.497 e. The summed E-state index contributed by atoms with van der Waals surface area (Å²) in [6.07, 6.45) is 2.90. The number of rotatable bonds is 8. The lowest BCUT2D eigenvalue weighted by Crippen LogP contribution is -2.45. The van der Waals surface area contributed by atoms with Gasteiger partial charge in [0.15, 0.2) is 0 Å². The van der Waals surface area contributed by atoms with Gasteiger partial charge >= 0.3 is 0 Å². The number of aromatic nitrogens is 1. The van der Waals surface area contributed by atoms with E-state index >= 15 is 0 Å². The normalized spacial score (nSPS) is 15.9. The Morgan fingerprint density at radius 3 is 2.71 bits per heavy atom. The molecule has 3 N–H and O–H groups in total. The molecule has 7 nitrogen and oxygen atoms in total. The molecule has 2 heterocycles. The molecule has 1 unspecified atom stereocenters. The molecule has 2 aromatic carbocycles. The fraction of sp³-hybridized carbons (Fsp3) is 0.360. The van der Waals surface area contributed by atoms with Crippen molar-refractivity contribution >= 4 is 45.7 Å². The molecular weight excluding hydrogens is 475 g/mol. The van der Waals surface area contributed by atoms with E-state index in [-0.39, 0.29) is 18.5 Å². The molecule has 3 aromatic rings. The van der Waals surface area contributed by atoms with Crippen LogP contribution in [0.3, 0.4) is 0 Å². The smallest absolute Gasteiger partial charge is 0.238 e. The molecule has 4 rings (SSSR count). The second kappa shape index (κ2) is 11.3. The summed E-state index contributed by atoms with van der Waals surface area (Å²) < 4.78 is 5.34. The Hall–Kier alpha value is -2.42. The van der Waals surface area contributed by atoms with E-state index in [1.807, 2.05) is 24.3 Å². The van der Waals surface area contributed by atoms with Gasteiger partial charge < -0.3 is 25.4 Å². The van der Waals surface area contributed by atoms with E-state index in [0.717, 1.165) is 48.1 Å². The molecule has 0 aliphatic carbocycles. The van der Waals surface area contributed by atoms with Gasteiger partial charge in [0.2, 0.25) is 5.91 Å². The molecule has 180 valence electrons. The highest BCUT2D eigenvalue weighted by Crippen LogP contribution is 2.28. The molecule has 1 aliphatic rings. The van der Waals surface area contributed by atoms with Gasteiger partial charge in [-0.1, -0.05) is 23.2 Å². The van der Waals surface area contributed by atoms with E-state index in [1.54, 1.807) is 31.5 Å². The molecule has 1 saturated heterocycles. The number of aliphatic hydroxyl groups excluding tert-OH is 1. The Balaban J connectivity index is 1.25. The van der Waals surface area contributed by atoms with Crippen molar-refractivity contribution in [2.45, 2.75) is 25.0 Å². The van der Waals surface area contributed by atoms with Crippen molar-refractivity contribution in [3.8, 4) is 5.75 Å². The third-order valence-corrected chi connectivity index (χ3v) is 6.85. The number of aliphatic hydroxyl groups is 1. The van der Waals surface area contributed by atoms with Crippen molar-refractivity contribution < 1.29 is 14.6 Å². The average molecular weight is 503 g/mol. The zero-order valence-electron chi connectivity index (χ0n) is 18.9. The Morgan fingerprint density at radius 2 is 1.97 bits per heavy atom. The van der Waals surface area contributed by atoms with Gasteiger partial charge in [0.25, 0.3) is 0 Å². The topological polar surface area (TPSA) is 86.7 Å². The standard InChI is InChI=1S/C25H28Cl2N4O3/c1-34-18-3-5-23-20(13-18)19(6-9-28-23)24(32)15-31-10-7-16(8-11-31)29-14-25(33)30-17-2-4-21(26)22(27)12-17/h2-6,9,12-13,16,24,29,32H,7-8,10-11,14-15H2,1H3,(H,30,33). The van der Waals surface area contributed by atoms with Crippen LogP contribution in [0, 0.1) is 0 Å². The van der Waals surface area contributed by atoms with Gasteiger partial charge in [0.1, 0.15) is 5.75 Å². The van der Waals surface area contributed by atoms with Crippen LogP contribution in [-0.2, 0) is 4.79 Å². The lowest BCUT2D eigenvalue weighted by atomic mass is 10.0. The summed E-state index contributed by atoms with van der Waals surface area (Å²) in [4.78, 5) is 18.9. The van der Waals surface area contributed by atoms with Gasteiger partial charge in [0, 0.05) is 29.9 Å². The van der Waals surface area contributed by atoms with Crippen molar-refractivity contribution in [3.05, 3.63) is 64.3 Å². The Kier molecular flexibility index (Phi) is 8.24. The molecule has 9 heteroatoms. The molecule has 0 spiro atoms. The predicted molar refractivity (Wildman–Crippen MR) is 136 cm³/mol. The Morgan fingerprint density at radius 1 is 1.18 bits per heavy atom. The molecule has 1 aliphatic heterocycles. The zero-order chi connectivity index (χ0) is 24.1. The number of nitrogens with zero attached hydrogens (tertiary/aromatic N) is 2. The number of ether oxygens (including phenoxy) is 1. The fourth-order valence-electron chi connectivity index (χ4n) is 4.24. The Bertz CT molecular complexity index is 1150. The number of pyridine rings is 1. The van der Waals surface area contributed by atoms with Crippen LogP contribution in [0.2, 0.25) is 10.0 Å². The summed E-state index contributed by atoms with van der Waals surface area (Å²) in [7, 11) is 1.63. The van der Waals surface area contributed by atoms with E-state index in [9.17, 15) is 9.90 Å². The van der Waals surface area contributed by atoms with Crippen LogP contribution in [0.1, 0.15) is 24.5 Å². The van der Waals surface area contributed by atoms with Gasteiger partial charge in [-0.05, 0) is 74.0 Å². The van der Waals surface area contributed by atoms with Gasteiger partial charge in [-0.25, -0.2) is 0 Å². The number of fused-ring (bicyclic) bond motifs is 1. The highest BCUT2D eigenvalue weighted by atomic mass is 35.5. The lowest BCUT2D eigenvalue weighted by molar-refractivity contribution is -0.115. The number of hydrogen-bond acceptors (Lipinski definition) is 6. The van der Waals surface area contributed by atoms with Crippen LogP contribution >= 0.6 is 23.2 Å². The summed E-state index contributed by atoms with van der Waals surface area (Å²) in [6.45, 7) is 2.45. The number of piperidine rings is 1. The van der Waals surface area contributed by atoms with Crippen LogP contribution in [0.5, 0.6) is 5.75 Å². The minimum Gasteiger partial charge on any atom is -0.497 e. The lowest BCUT2D eigenvalue weighted by Gasteiger charge is -2.33. The predicted octanol–water partition coefficient (Wildman–Crippen LogP) is 4.28. The number of nitrogens with one attached hydrogen (secondary N) is 2. The number of methoxy groups -OCH3 is 1. The maximum atomic E-state index is 12.3. The van der Waals surface area contributed by atoms with Crippen molar-refractivity contribution in [1.82, 2.24) is 15.2 Å². The van der Waals surface area contributed by atoms with Gasteiger partial charge in [-0.3, -0.25) is 9.78 Å². The third kappa shape index (κ3) is 6.17. The molecule has 1 aromatic heterocycles. The van der Waals surface area contributed by atoms with E-state index in [0.29, 0.717) is 22.3 Å². The number of carbonyl (C=O) groups excluding carboxylic acids is 1. The highest BCUT2D eigenvalue weighted by molar-refractivity contribution is 6.42. The summed E-state index contributed by atoms with van der Waals surface area (Å²) in [5.41, 5.74) is 2.30. The molecule has 1 atom stereocenters. The molecular formula is C25H28Cl2N4O3. The number of likely N-dealkylation sites (tertiary alicyclic amines) is 1. The second-order valence-corrected chi connectivity index (χ2v) is 9.25. The van der Waals surface area contributed by atoms with Crippen LogP contribution in [0.25, 0.3) is 10.9 Å². The van der Waals surface area contributed by atoms with Gasteiger partial charge in [-0.2, -0.15) is 0 Å². The number of anilines is 1. The van der Waals surface area contributed by atoms with Crippen molar-refractivity contribution in [1.29, 1.82) is 0 Å². The maximum absolute atomic E-state index is 12.3. The van der Waals surface area contributed by atoms with Crippen LogP contribution < -0.4 is 15.4 Å². The van der Waals surface area contributed by atoms with Crippen LogP contribution in [-0.4, -0.2) is 60.2 Å². The van der Waals surface area contributed by atoms with Crippen molar-refractivity contribution in [2.24, 2.45) is 0 Å². The number of amides is 1. The number of β-amino-alcohol motifs (C(OH)–C–C–N with tert-alkyl or cyclic N) is 1. The van der Waals surface area contributed by atoms with Crippen molar-refractivity contribution in [3.63, 3.8) is 0 Å².